The van der Waals surface area contributed by atoms with E-state index in [9.17, 15) is 19.6 Å². The molecule has 0 aliphatic carbocycles. The van der Waals surface area contributed by atoms with Crippen molar-refractivity contribution in [3.05, 3.63) is 156 Å². The van der Waals surface area contributed by atoms with E-state index in [4.69, 9.17) is 19.7 Å². The summed E-state index contributed by atoms with van der Waals surface area (Å²) in [5.41, 5.74) is 10.1. The zero-order chi connectivity index (χ0) is 44.3. The van der Waals surface area contributed by atoms with Crippen molar-refractivity contribution in [2.75, 3.05) is 18.7 Å². The molecule has 6 N–H and O–H groups in total. The number of nitrogens with one attached hydrogen (secondary N) is 2. The molecule has 1 saturated heterocycles. The highest BCUT2D eigenvalue weighted by Gasteiger charge is 2.46. The number of aromatic amines is 1. The number of benzene rings is 5. The van der Waals surface area contributed by atoms with E-state index in [-0.39, 0.29) is 38.6 Å². The van der Waals surface area contributed by atoms with E-state index in [1.807, 2.05) is 91.9 Å². The van der Waals surface area contributed by atoms with Crippen LogP contribution in [0.5, 0.6) is 11.5 Å². The highest BCUT2D eigenvalue weighted by molar-refractivity contribution is 7.57. The number of carbonyl (C=O) groups is 2. The number of nitrogen functional groups attached to an aromatic ring is 1. The summed E-state index contributed by atoms with van der Waals surface area (Å²) in [6, 6.07) is 37.4. The molecule has 1 aromatic heterocycles. The second-order valence-corrected chi connectivity index (χ2v) is 17.9. The maximum absolute atomic E-state index is 15.3. The lowest BCUT2D eigenvalue weighted by Gasteiger charge is -2.36. The molecule has 2 heterocycles. The maximum Gasteiger partial charge on any atom is 0.354 e. The van der Waals surface area contributed by atoms with Crippen LogP contribution in [0.1, 0.15) is 48.9 Å². The monoisotopic (exact) mass is 874 g/mol. The molecule has 5 aromatic carbocycles. The Bertz CT molecular complexity index is 2480. The Morgan fingerprint density at radius 3 is 1.95 bits per heavy atom. The Morgan fingerprint density at radius 1 is 0.794 bits per heavy atom. The Hall–Kier alpha value is -6.18. The standard InChI is InChI=1S/C48H55N6O8P/c1-3-4-25-60-47(57)33(2)52-63(59,62-38-20-12-7-13-21-38)32-61-39-22-14-19-36(26-39)30-53-42(28-34-15-8-5-9-16-34)44(55)45(56)43(29-35-17-10-6-11-18-35)54(48(53)58)31-37-23-24-41-40(27-37)46(49)51-50-41/h5-24,26-27,33,42-45,55-56H,3-4,25,28-32H2,1-2H3,(H,52,59)(H3,49,50,51)/t33-,42+,43+,44-,45-,63?/m0/s1. The summed E-state index contributed by atoms with van der Waals surface area (Å²) in [4.78, 5) is 31.4. The van der Waals surface area contributed by atoms with Crippen LogP contribution in [-0.4, -0.2) is 85.5 Å². The second kappa shape index (κ2) is 20.8. The van der Waals surface area contributed by atoms with Gasteiger partial charge in [-0.2, -0.15) is 5.10 Å². The van der Waals surface area contributed by atoms with Gasteiger partial charge in [0.05, 0.1) is 24.2 Å². The number of rotatable bonds is 19. The van der Waals surface area contributed by atoms with Gasteiger partial charge in [0.1, 0.15) is 29.7 Å². The first-order chi connectivity index (χ1) is 30.5. The number of unbranched alkanes of at least 4 members (excludes halogenated alkanes) is 1. The van der Waals surface area contributed by atoms with E-state index < -0.39 is 50.2 Å². The van der Waals surface area contributed by atoms with E-state index >= 15 is 4.79 Å². The third kappa shape index (κ3) is 11.5. The van der Waals surface area contributed by atoms with Gasteiger partial charge in [-0.15, -0.1) is 0 Å². The van der Waals surface area contributed by atoms with Crippen molar-refractivity contribution < 1.29 is 38.4 Å². The Labute approximate surface area is 367 Å². The summed E-state index contributed by atoms with van der Waals surface area (Å²) >= 11 is 0. The zero-order valence-electron chi connectivity index (χ0n) is 35.5. The van der Waals surface area contributed by atoms with E-state index in [0.717, 1.165) is 28.6 Å². The topological polar surface area (TPSA) is 193 Å². The third-order valence-corrected chi connectivity index (χ3v) is 12.9. The largest absolute Gasteiger partial charge is 0.481 e. The molecule has 1 unspecified atom stereocenters. The number of amides is 2. The molecule has 2 amide bonds. The number of urea groups is 1. The van der Waals surface area contributed by atoms with Crippen LogP contribution >= 0.6 is 7.52 Å². The molecule has 6 aromatic rings. The van der Waals surface area contributed by atoms with Gasteiger partial charge in [0.25, 0.3) is 0 Å². The SMILES string of the molecule is CCCCOC(=O)[C@H](C)NP(=O)(COc1cccc(CN2C(=O)N(Cc3ccc4[nH]nc(N)c4c3)[C@H](Cc3ccccc3)[C@H](O)[C@@H](O)[C@H]2Cc2ccccc2)c1)Oc1ccccc1. The van der Waals surface area contributed by atoms with E-state index in [0.29, 0.717) is 34.7 Å². The highest BCUT2D eigenvalue weighted by atomic mass is 31.2. The lowest BCUT2D eigenvalue weighted by atomic mass is 9.91. The number of H-pyrrole nitrogens is 1. The van der Waals surface area contributed by atoms with Gasteiger partial charge in [0, 0.05) is 18.5 Å². The number of anilines is 1. The molecule has 1 fully saturated rings. The fourth-order valence-corrected chi connectivity index (χ4v) is 9.47. The first-order valence-electron chi connectivity index (χ1n) is 21.2. The van der Waals surface area contributed by atoms with Crippen LogP contribution in [0.15, 0.2) is 133 Å². The van der Waals surface area contributed by atoms with Crippen molar-refractivity contribution in [1.82, 2.24) is 25.1 Å². The van der Waals surface area contributed by atoms with Crippen LogP contribution in [0.25, 0.3) is 10.9 Å². The van der Waals surface area contributed by atoms with Crippen LogP contribution in [0.4, 0.5) is 10.6 Å². The van der Waals surface area contributed by atoms with Gasteiger partial charge in [-0.05, 0) is 84.8 Å². The number of hydrogen-bond donors (Lipinski definition) is 5. The van der Waals surface area contributed by atoms with Gasteiger partial charge in [0.15, 0.2) is 12.2 Å². The summed E-state index contributed by atoms with van der Waals surface area (Å²) < 4.78 is 31.9. The fourth-order valence-electron chi connectivity index (χ4n) is 7.81. The fraction of sp³-hybridized carbons (Fsp3) is 0.312. The lowest BCUT2D eigenvalue weighted by molar-refractivity contribution is -0.145. The summed E-state index contributed by atoms with van der Waals surface area (Å²) in [5, 5.41) is 35.0. The van der Waals surface area contributed by atoms with Crippen molar-refractivity contribution in [3.8, 4) is 11.5 Å². The molecule has 0 spiro atoms. The minimum atomic E-state index is -3.90. The third-order valence-electron chi connectivity index (χ3n) is 11.2. The van der Waals surface area contributed by atoms with Crippen LogP contribution in [0.2, 0.25) is 0 Å². The minimum Gasteiger partial charge on any atom is -0.481 e. The van der Waals surface area contributed by atoms with Gasteiger partial charge in [-0.1, -0.05) is 110 Å². The molecule has 0 saturated carbocycles. The van der Waals surface area contributed by atoms with E-state index in [2.05, 4.69) is 15.3 Å². The normalized spacial score (nSPS) is 19.3. The molecule has 7 rings (SSSR count). The van der Waals surface area contributed by atoms with Gasteiger partial charge < -0.3 is 39.7 Å². The molecule has 1 aliphatic rings. The Morgan fingerprint density at radius 2 is 1.35 bits per heavy atom. The summed E-state index contributed by atoms with van der Waals surface area (Å²) in [6.07, 6.45) is -1.02. The van der Waals surface area contributed by atoms with Gasteiger partial charge in [-0.25, -0.2) is 9.88 Å². The number of ether oxygens (including phenoxy) is 2. The average Bonchev–Trinajstić information content (AvgIpc) is 3.65. The number of carbonyl (C=O) groups excluding carboxylic acids is 2. The molecular weight excluding hydrogens is 820 g/mol. The molecule has 6 atom stereocenters. The van der Waals surface area contributed by atoms with Crippen LogP contribution in [0, 0.1) is 0 Å². The van der Waals surface area contributed by atoms with Crippen LogP contribution < -0.4 is 20.1 Å². The number of fused-ring (bicyclic) bond motifs is 1. The molecule has 15 heteroatoms. The van der Waals surface area contributed by atoms with Crippen molar-refractivity contribution in [2.24, 2.45) is 0 Å². The Balaban J connectivity index is 1.20. The van der Waals surface area contributed by atoms with Gasteiger partial charge in [0.2, 0.25) is 0 Å². The van der Waals surface area contributed by atoms with Crippen molar-refractivity contribution in [1.29, 1.82) is 0 Å². The number of nitrogens with two attached hydrogens (primary N) is 1. The maximum atomic E-state index is 15.3. The van der Waals surface area contributed by atoms with E-state index in [1.54, 1.807) is 65.3 Å². The molecule has 14 nitrogen and oxygen atoms in total. The molecule has 330 valence electrons. The van der Waals surface area contributed by atoms with Gasteiger partial charge in [-0.3, -0.25) is 14.5 Å². The number of esters is 1. The summed E-state index contributed by atoms with van der Waals surface area (Å²) in [6.45, 7) is 3.93. The molecule has 0 bridgehead atoms. The predicted octanol–water partition coefficient (Wildman–Crippen LogP) is 7.46. The average molecular weight is 875 g/mol. The minimum absolute atomic E-state index is 0.0244. The number of nitrogens with zero attached hydrogens (tertiary/aromatic N) is 3. The van der Waals surface area contributed by atoms with Crippen molar-refractivity contribution in [3.63, 3.8) is 0 Å². The lowest BCUT2D eigenvalue weighted by Crippen LogP contribution is -2.50. The van der Waals surface area contributed by atoms with Gasteiger partial charge >= 0.3 is 19.5 Å². The van der Waals surface area contributed by atoms with Crippen LogP contribution in [0.3, 0.4) is 0 Å². The predicted molar refractivity (Wildman–Crippen MR) is 242 cm³/mol. The quantitative estimate of drug-likeness (QED) is 0.0308. The molecule has 1 aliphatic heterocycles. The second-order valence-electron chi connectivity index (χ2n) is 15.9. The van der Waals surface area contributed by atoms with E-state index in [1.165, 1.54) is 0 Å². The van der Waals surface area contributed by atoms with Crippen LogP contribution in [-0.2, 0) is 40.0 Å². The summed E-state index contributed by atoms with van der Waals surface area (Å²) in [7, 11) is -3.90. The first-order valence-corrected chi connectivity index (χ1v) is 23.0. The first kappa shape index (κ1) is 44.9. The zero-order valence-corrected chi connectivity index (χ0v) is 36.3. The smallest absolute Gasteiger partial charge is 0.354 e. The summed E-state index contributed by atoms with van der Waals surface area (Å²) in [5.74, 6) is 0.422. The number of para-hydroxylation sites is 1. The number of aliphatic hydroxyl groups excluding tert-OH is 2. The van der Waals surface area contributed by atoms with Crippen molar-refractivity contribution >= 4 is 36.2 Å². The number of aliphatic hydroxyl groups is 2. The molecule has 0 radical (unpaired) electrons. The number of aromatic nitrogens is 2. The molecule has 63 heavy (non-hydrogen) atoms. The molecular formula is C48H55N6O8P. The highest BCUT2D eigenvalue weighted by Crippen LogP contribution is 2.44. The Kier molecular flexibility index (Phi) is 14.8. The van der Waals surface area contributed by atoms with Crippen molar-refractivity contribution in [2.45, 2.75) is 83.0 Å². The number of hydrogen-bond acceptors (Lipinski definition) is 10.